The molecule has 1 N–H and O–H groups in total. The van der Waals surface area contributed by atoms with Gasteiger partial charge in [0, 0.05) is 65.0 Å². The monoisotopic (exact) mass is 356 g/mol. The van der Waals surface area contributed by atoms with Crippen LogP contribution in [-0.2, 0) is 4.74 Å². The Kier molecular flexibility index (Phi) is 6.32. The van der Waals surface area contributed by atoms with Crippen LogP contribution in [0.5, 0.6) is 0 Å². The fourth-order valence-electron chi connectivity index (χ4n) is 2.81. The van der Waals surface area contributed by atoms with Crippen LogP contribution in [0.4, 0.5) is 11.8 Å². The third-order valence-corrected chi connectivity index (χ3v) is 4.25. The van der Waals surface area contributed by atoms with Gasteiger partial charge < -0.3 is 19.9 Å². The number of nitrogens with one attached hydrogen (secondary N) is 1. The molecule has 1 aliphatic heterocycles. The van der Waals surface area contributed by atoms with Gasteiger partial charge in [0.2, 0.25) is 5.95 Å². The number of piperazine rings is 1. The average Bonchev–Trinajstić information content (AvgIpc) is 2.72. The number of carbonyl (C=O) groups is 1. The van der Waals surface area contributed by atoms with Crippen molar-refractivity contribution < 1.29 is 9.53 Å². The summed E-state index contributed by atoms with van der Waals surface area (Å²) in [5.41, 5.74) is 0.513. The van der Waals surface area contributed by atoms with Gasteiger partial charge in [0.15, 0.2) is 0 Å². The number of carbonyl (C=O) groups excluding carboxylic acids is 1. The Hall–Kier alpha value is -2.74. The van der Waals surface area contributed by atoms with Crippen molar-refractivity contribution in [2.75, 3.05) is 56.7 Å². The summed E-state index contributed by atoms with van der Waals surface area (Å²) in [7, 11) is 1.67. The molecule has 2 aromatic rings. The van der Waals surface area contributed by atoms with E-state index in [-0.39, 0.29) is 5.91 Å². The number of hydrogen-bond acceptors (Lipinski definition) is 7. The topological polar surface area (TPSA) is 83.5 Å². The SMILES string of the molecule is COCCCNc1ncc(C(=O)N2CCN(c3ccccn3)CC2)cn1. The van der Waals surface area contributed by atoms with E-state index in [1.807, 2.05) is 23.1 Å². The molecule has 0 bridgehead atoms. The second-order valence-corrected chi connectivity index (χ2v) is 6.04. The zero-order chi connectivity index (χ0) is 18.2. The summed E-state index contributed by atoms with van der Waals surface area (Å²) in [6.07, 6.45) is 5.83. The fraction of sp³-hybridized carbons (Fsp3) is 0.444. The Morgan fingerprint density at radius 3 is 2.58 bits per heavy atom. The molecule has 8 heteroatoms. The summed E-state index contributed by atoms with van der Waals surface area (Å²) in [6, 6.07) is 5.87. The van der Waals surface area contributed by atoms with Crippen LogP contribution in [0, 0.1) is 0 Å². The van der Waals surface area contributed by atoms with E-state index < -0.39 is 0 Å². The third-order valence-electron chi connectivity index (χ3n) is 4.25. The lowest BCUT2D eigenvalue weighted by atomic mass is 10.2. The lowest BCUT2D eigenvalue weighted by Gasteiger charge is -2.35. The number of methoxy groups -OCH3 is 1. The molecule has 1 amide bonds. The van der Waals surface area contributed by atoms with Crippen molar-refractivity contribution in [2.24, 2.45) is 0 Å². The maximum absolute atomic E-state index is 12.6. The molecule has 1 fully saturated rings. The summed E-state index contributed by atoms with van der Waals surface area (Å²) < 4.78 is 4.99. The summed E-state index contributed by atoms with van der Waals surface area (Å²) in [4.78, 5) is 29.5. The molecule has 1 aliphatic rings. The maximum atomic E-state index is 12.6. The van der Waals surface area contributed by atoms with Crippen molar-refractivity contribution in [2.45, 2.75) is 6.42 Å². The molecule has 26 heavy (non-hydrogen) atoms. The predicted molar refractivity (Wildman–Crippen MR) is 99.4 cm³/mol. The zero-order valence-corrected chi connectivity index (χ0v) is 15.0. The highest BCUT2D eigenvalue weighted by molar-refractivity contribution is 5.93. The van der Waals surface area contributed by atoms with Crippen molar-refractivity contribution in [3.05, 3.63) is 42.4 Å². The van der Waals surface area contributed by atoms with Crippen molar-refractivity contribution in [1.82, 2.24) is 19.9 Å². The second kappa shape index (κ2) is 9.10. The smallest absolute Gasteiger partial charge is 0.257 e. The molecule has 0 saturated carbocycles. The van der Waals surface area contributed by atoms with Crippen molar-refractivity contribution in [3.63, 3.8) is 0 Å². The van der Waals surface area contributed by atoms with Crippen LogP contribution in [0.3, 0.4) is 0 Å². The van der Waals surface area contributed by atoms with Gasteiger partial charge in [0.05, 0.1) is 5.56 Å². The molecule has 0 aromatic carbocycles. The van der Waals surface area contributed by atoms with Gasteiger partial charge in [-0.05, 0) is 18.6 Å². The van der Waals surface area contributed by atoms with Crippen LogP contribution >= 0.6 is 0 Å². The van der Waals surface area contributed by atoms with Crippen molar-refractivity contribution >= 4 is 17.7 Å². The molecule has 0 radical (unpaired) electrons. The lowest BCUT2D eigenvalue weighted by molar-refractivity contribution is 0.0745. The molecule has 0 unspecified atom stereocenters. The van der Waals surface area contributed by atoms with Crippen molar-refractivity contribution in [1.29, 1.82) is 0 Å². The summed E-state index contributed by atoms with van der Waals surface area (Å²) in [5, 5.41) is 3.11. The number of aromatic nitrogens is 3. The minimum absolute atomic E-state index is 0.0309. The number of rotatable bonds is 7. The quantitative estimate of drug-likeness (QED) is 0.748. The highest BCUT2D eigenvalue weighted by atomic mass is 16.5. The van der Waals surface area contributed by atoms with E-state index in [2.05, 4.69) is 25.2 Å². The molecule has 0 atom stereocenters. The van der Waals surface area contributed by atoms with Gasteiger partial charge in [-0.15, -0.1) is 0 Å². The molecule has 2 aromatic heterocycles. The van der Waals surface area contributed by atoms with Crippen molar-refractivity contribution in [3.8, 4) is 0 Å². The van der Waals surface area contributed by atoms with Crippen LogP contribution in [0.2, 0.25) is 0 Å². The summed E-state index contributed by atoms with van der Waals surface area (Å²) in [6.45, 7) is 4.27. The standard InChI is InChI=1S/C18H24N6O2/c1-26-12-4-7-20-18-21-13-15(14-22-18)17(25)24-10-8-23(9-11-24)16-5-2-3-6-19-16/h2-3,5-6,13-14H,4,7-12H2,1H3,(H,20,21,22). The number of nitrogens with zero attached hydrogens (tertiary/aromatic N) is 5. The lowest BCUT2D eigenvalue weighted by Crippen LogP contribution is -2.49. The largest absolute Gasteiger partial charge is 0.385 e. The van der Waals surface area contributed by atoms with Crippen LogP contribution in [-0.4, -0.2) is 72.2 Å². The number of amides is 1. The maximum Gasteiger partial charge on any atom is 0.257 e. The van der Waals surface area contributed by atoms with Gasteiger partial charge in [-0.1, -0.05) is 6.07 Å². The van der Waals surface area contributed by atoms with Gasteiger partial charge in [-0.2, -0.15) is 0 Å². The number of ether oxygens (including phenoxy) is 1. The first-order chi connectivity index (χ1) is 12.8. The Morgan fingerprint density at radius 2 is 1.92 bits per heavy atom. The van der Waals surface area contributed by atoms with Crippen LogP contribution in [0.1, 0.15) is 16.8 Å². The van der Waals surface area contributed by atoms with Gasteiger partial charge in [-0.3, -0.25) is 4.79 Å². The predicted octanol–water partition coefficient (Wildman–Crippen LogP) is 1.28. The average molecular weight is 356 g/mol. The second-order valence-electron chi connectivity index (χ2n) is 6.04. The van der Waals surface area contributed by atoms with Gasteiger partial charge in [-0.25, -0.2) is 15.0 Å². The first kappa shape index (κ1) is 18.1. The summed E-state index contributed by atoms with van der Waals surface area (Å²) >= 11 is 0. The van der Waals surface area contributed by atoms with E-state index >= 15 is 0 Å². The first-order valence-corrected chi connectivity index (χ1v) is 8.78. The van der Waals surface area contributed by atoms with Crippen LogP contribution in [0.15, 0.2) is 36.8 Å². The van der Waals surface area contributed by atoms with Gasteiger partial charge >= 0.3 is 0 Å². The first-order valence-electron chi connectivity index (χ1n) is 8.78. The number of anilines is 2. The Morgan fingerprint density at radius 1 is 1.15 bits per heavy atom. The molecule has 138 valence electrons. The number of hydrogen-bond donors (Lipinski definition) is 1. The Balaban J connectivity index is 1.50. The van der Waals surface area contributed by atoms with Gasteiger partial charge in [0.1, 0.15) is 5.82 Å². The van der Waals surface area contributed by atoms with E-state index in [9.17, 15) is 4.79 Å². The van der Waals surface area contributed by atoms with Crippen LogP contribution < -0.4 is 10.2 Å². The van der Waals surface area contributed by atoms with Crippen LogP contribution in [0.25, 0.3) is 0 Å². The van der Waals surface area contributed by atoms with Gasteiger partial charge in [0.25, 0.3) is 5.91 Å². The molecular formula is C18H24N6O2. The van der Waals surface area contributed by atoms with E-state index in [0.29, 0.717) is 31.2 Å². The molecule has 3 heterocycles. The highest BCUT2D eigenvalue weighted by Crippen LogP contribution is 2.14. The summed E-state index contributed by atoms with van der Waals surface area (Å²) in [5.74, 6) is 1.45. The normalized spacial score (nSPS) is 14.3. The van der Waals surface area contributed by atoms with E-state index in [1.54, 1.807) is 25.7 Å². The third kappa shape index (κ3) is 4.66. The Labute approximate surface area is 153 Å². The Bertz CT molecular complexity index is 687. The highest BCUT2D eigenvalue weighted by Gasteiger charge is 2.23. The molecule has 3 rings (SSSR count). The fourth-order valence-corrected chi connectivity index (χ4v) is 2.81. The zero-order valence-electron chi connectivity index (χ0n) is 15.0. The molecule has 0 aliphatic carbocycles. The van der Waals surface area contributed by atoms with E-state index in [1.165, 1.54) is 0 Å². The minimum atomic E-state index is -0.0309. The number of pyridine rings is 1. The molecule has 1 saturated heterocycles. The van der Waals surface area contributed by atoms with E-state index in [4.69, 9.17) is 4.74 Å². The van der Waals surface area contributed by atoms with E-state index in [0.717, 1.165) is 31.9 Å². The molecular weight excluding hydrogens is 332 g/mol. The minimum Gasteiger partial charge on any atom is -0.385 e. The molecule has 8 nitrogen and oxygen atoms in total. The molecule has 0 spiro atoms.